The van der Waals surface area contributed by atoms with Gasteiger partial charge < -0.3 is 14.6 Å². The lowest BCUT2D eigenvalue weighted by molar-refractivity contribution is 0.111. The summed E-state index contributed by atoms with van der Waals surface area (Å²) >= 11 is 0. The summed E-state index contributed by atoms with van der Waals surface area (Å²) in [6, 6.07) is 28.2. The molecule has 0 bridgehead atoms. The number of H-pyrrole nitrogens is 1. The zero-order valence-corrected chi connectivity index (χ0v) is 21.0. The Morgan fingerprint density at radius 2 is 1.53 bits per heavy atom. The van der Waals surface area contributed by atoms with Gasteiger partial charge in [0.15, 0.2) is 5.75 Å². The van der Waals surface area contributed by atoms with Gasteiger partial charge in [-0.2, -0.15) is 0 Å². The van der Waals surface area contributed by atoms with Crippen LogP contribution >= 0.6 is 0 Å². The Kier molecular flexibility index (Phi) is 6.10. The monoisotopic (exact) mass is 478 g/mol. The first-order chi connectivity index (χ1) is 17.4. The van der Waals surface area contributed by atoms with Crippen LogP contribution in [0.25, 0.3) is 39.4 Å². The van der Waals surface area contributed by atoms with Crippen LogP contribution in [0, 0.1) is 0 Å². The van der Waals surface area contributed by atoms with Crippen molar-refractivity contribution in [3.63, 3.8) is 0 Å². The van der Waals surface area contributed by atoms with Crippen LogP contribution in [0.2, 0.25) is 0 Å². The van der Waals surface area contributed by atoms with Gasteiger partial charge in [0.25, 0.3) is 0 Å². The number of fused-ring (bicyclic) bond motifs is 1. The van der Waals surface area contributed by atoms with E-state index < -0.39 is 0 Å². The van der Waals surface area contributed by atoms with Gasteiger partial charge in [0.1, 0.15) is 0 Å². The number of ether oxygens (including phenoxy) is 1. The van der Waals surface area contributed by atoms with Gasteiger partial charge in [-0.1, -0.05) is 72.8 Å². The second-order valence-corrected chi connectivity index (χ2v) is 9.68. The maximum Gasteiger partial charge on any atom is 0.415 e. The summed E-state index contributed by atoms with van der Waals surface area (Å²) in [4.78, 5) is 23.3. The average Bonchev–Trinajstić information content (AvgIpc) is 3.47. The van der Waals surface area contributed by atoms with E-state index in [1.807, 2.05) is 99.1 Å². The van der Waals surface area contributed by atoms with Crippen molar-refractivity contribution >= 4 is 17.0 Å². The molecule has 0 atom stereocenters. The summed E-state index contributed by atoms with van der Waals surface area (Å²) in [6.45, 7) is 8.51. The number of rotatable bonds is 5. The smallest absolute Gasteiger partial charge is 0.408 e. The molecule has 0 aliphatic heterocycles. The quantitative estimate of drug-likeness (QED) is 0.288. The summed E-state index contributed by atoms with van der Waals surface area (Å²) in [5.74, 6) is 1.14. The zero-order chi connectivity index (χ0) is 25.3. The average molecular weight is 479 g/mol. The SMILES string of the molecule is CCN(C(=O)Oc1cn(-c2nc(-c3ccccc3)c(-c3ccccc3)[nH]2)c2ccccc12)C(C)(C)C. The third kappa shape index (κ3) is 4.38. The number of nitrogens with one attached hydrogen (secondary N) is 1. The molecule has 5 rings (SSSR count). The molecule has 1 amide bonds. The van der Waals surface area contributed by atoms with Crippen LogP contribution in [0.5, 0.6) is 5.75 Å². The summed E-state index contributed by atoms with van der Waals surface area (Å²) in [5, 5.41) is 0.842. The van der Waals surface area contributed by atoms with Gasteiger partial charge in [0, 0.05) is 28.6 Å². The van der Waals surface area contributed by atoms with E-state index in [4.69, 9.17) is 9.72 Å². The highest BCUT2D eigenvalue weighted by atomic mass is 16.6. The first-order valence-electron chi connectivity index (χ1n) is 12.2. The van der Waals surface area contributed by atoms with Crippen LogP contribution in [0.15, 0.2) is 91.1 Å². The van der Waals surface area contributed by atoms with Gasteiger partial charge in [-0.3, -0.25) is 4.57 Å². The zero-order valence-electron chi connectivity index (χ0n) is 21.0. The van der Waals surface area contributed by atoms with E-state index in [2.05, 4.69) is 29.2 Å². The molecule has 0 aliphatic carbocycles. The fraction of sp³-hybridized carbons (Fsp3) is 0.200. The van der Waals surface area contributed by atoms with Gasteiger partial charge in [-0.25, -0.2) is 9.78 Å². The summed E-state index contributed by atoms with van der Waals surface area (Å²) < 4.78 is 7.89. The Balaban J connectivity index is 1.63. The van der Waals surface area contributed by atoms with Crippen LogP contribution in [-0.2, 0) is 0 Å². The van der Waals surface area contributed by atoms with Gasteiger partial charge >= 0.3 is 6.09 Å². The number of carbonyl (C=O) groups excluding carboxylic acids is 1. The Bertz CT molecular complexity index is 1440. The van der Waals surface area contributed by atoms with E-state index in [-0.39, 0.29) is 11.6 Å². The highest BCUT2D eigenvalue weighted by molar-refractivity contribution is 5.90. The summed E-state index contributed by atoms with van der Waals surface area (Å²) in [7, 11) is 0. The second-order valence-electron chi connectivity index (χ2n) is 9.68. The van der Waals surface area contributed by atoms with E-state index in [0.29, 0.717) is 18.2 Å². The van der Waals surface area contributed by atoms with Gasteiger partial charge in [-0.15, -0.1) is 0 Å². The molecule has 0 unspecified atom stereocenters. The number of aromatic amines is 1. The maximum atomic E-state index is 13.1. The molecule has 182 valence electrons. The van der Waals surface area contributed by atoms with Crippen LogP contribution < -0.4 is 4.74 Å². The van der Waals surface area contributed by atoms with E-state index in [0.717, 1.165) is 33.4 Å². The largest absolute Gasteiger partial charge is 0.415 e. The predicted molar refractivity (Wildman–Crippen MR) is 144 cm³/mol. The topological polar surface area (TPSA) is 63.1 Å². The lowest BCUT2D eigenvalue weighted by Crippen LogP contribution is -2.46. The molecule has 0 saturated carbocycles. The molecule has 36 heavy (non-hydrogen) atoms. The van der Waals surface area contributed by atoms with E-state index in [9.17, 15) is 4.79 Å². The molecule has 1 N–H and O–H groups in total. The van der Waals surface area contributed by atoms with Gasteiger partial charge in [-0.05, 0) is 39.8 Å². The molecule has 2 heterocycles. The number of amides is 1. The Labute approximate surface area is 211 Å². The minimum Gasteiger partial charge on any atom is -0.408 e. The molecule has 0 fully saturated rings. The fourth-order valence-corrected chi connectivity index (χ4v) is 4.52. The normalized spacial score (nSPS) is 11.6. The third-order valence-electron chi connectivity index (χ3n) is 6.25. The Hall–Kier alpha value is -4.32. The molecule has 0 radical (unpaired) electrons. The number of hydrogen-bond donors (Lipinski definition) is 1. The van der Waals surface area contributed by atoms with Gasteiger partial charge in [0.2, 0.25) is 5.95 Å². The Morgan fingerprint density at radius 3 is 2.17 bits per heavy atom. The van der Waals surface area contributed by atoms with Crippen molar-refractivity contribution in [1.29, 1.82) is 0 Å². The summed E-state index contributed by atoms with van der Waals surface area (Å²) in [5.41, 5.74) is 4.40. The van der Waals surface area contributed by atoms with Crippen molar-refractivity contribution in [1.82, 2.24) is 19.4 Å². The third-order valence-corrected chi connectivity index (χ3v) is 6.25. The van der Waals surface area contributed by atoms with Crippen LogP contribution in [0.1, 0.15) is 27.7 Å². The molecule has 5 aromatic rings. The van der Waals surface area contributed by atoms with Crippen LogP contribution in [-0.4, -0.2) is 37.6 Å². The maximum absolute atomic E-state index is 13.1. The first kappa shape index (κ1) is 23.4. The highest BCUT2D eigenvalue weighted by Crippen LogP contribution is 2.35. The van der Waals surface area contributed by atoms with Crippen molar-refractivity contribution in [2.75, 3.05) is 6.54 Å². The van der Waals surface area contributed by atoms with Crippen molar-refractivity contribution in [3.8, 4) is 34.2 Å². The van der Waals surface area contributed by atoms with Crippen molar-refractivity contribution in [3.05, 3.63) is 91.1 Å². The van der Waals surface area contributed by atoms with E-state index in [1.54, 1.807) is 4.90 Å². The molecule has 6 heteroatoms. The second kappa shape index (κ2) is 9.38. The molecular formula is C30H30N4O2. The van der Waals surface area contributed by atoms with E-state index in [1.165, 1.54) is 0 Å². The van der Waals surface area contributed by atoms with Crippen LogP contribution in [0.3, 0.4) is 0 Å². The molecule has 2 aromatic heterocycles. The van der Waals surface area contributed by atoms with Crippen LogP contribution in [0.4, 0.5) is 4.79 Å². The first-order valence-corrected chi connectivity index (χ1v) is 12.2. The molecule has 0 aliphatic rings. The van der Waals surface area contributed by atoms with Gasteiger partial charge in [0.05, 0.1) is 23.1 Å². The Morgan fingerprint density at radius 1 is 0.917 bits per heavy atom. The molecular weight excluding hydrogens is 448 g/mol. The number of hydrogen-bond acceptors (Lipinski definition) is 3. The molecule has 6 nitrogen and oxygen atoms in total. The minimum atomic E-state index is -0.373. The number of nitrogens with zero attached hydrogens (tertiary/aromatic N) is 3. The van der Waals surface area contributed by atoms with Crippen molar-refractivity contribution in [2.45, 2.75) is 33.2 Å². The van der Waals surface area contributed by atoms with Crippen molar-refractivity contribution in [2.24, 2.45) is 0 Å². The molecule has 3 aromatic carbocycles. The standard InChI is InChI=1S/C30H30N4O2/c1-5-34(30(2,3)4)29(35)36-25-20-33(24-19-13-12-18-23(24)25)28-31-26(21-14-8-6-9-15-21)27(32-28)22-16-10-7-11-17-22/h6-20H,5H2,1-4H3,(H,31,32). The highest BCUT2D eigenvalue weighted by Gasteiger charge is 2.28. The number of carbonyl (C=O) groups is 1. The number of aromatic nitrogens is 3. The van der Waals surface area contributed by atoms with E-state index >= 15 is 0 Å². The number of imidazole rings is 1. The number of benzene rings is 3. The minimum absolute atomic E-state index is 0.347. The molecule has 0 spiro atoms. The van der Waals surface area contributed by atoms with Crippen molar-refractivity contribution < 1.29 is 9.53 Å². The summed E-state index contributed by atoms with van der Waals surface area (Å²) in [6.07, 6.45) is 1.46. The molecule has 0 saturated heterocycles. The fourth-order valence-electron chi connectivity index (χ4n) is 4.52. The lowest BCUT2D eigenvalue weighted by atomic mass is 10.1. The predicted octanol–water partition coefficient (Wildman–Crippen LogP) is 7.31. The lowest BCUT2D eigenvalue weighted by Gasteiger charge is -2.33. The number of para-hydroxylation sites is 1.